The van der Waals surface area contributed by atoms with E-state index in [2.05, 4.69) is 17.6 Å². The van der Waals surface area contributed by atoms with Gasteiger partial charge in [0, 0.05) is 12.2 Å². The van der Waals surface area contributed by atoms with Crippen LogP contribution < -0.4 is 15.4 Å². The van der Waals surface area contributed by atoms with Crippen molar-refractivity contribution in [1.29, 1.82) is 0 Å². The molecule has 0 radical (unpaired) electrons. The third-order valence-corrected chi connectivity index (χ3v) is 3.52. The van der Waals surface area contributed by atoms with Gasteiger partial charge in [0.05, 0.1) is 5.69 Å². The molecule has 1 aliphatic heterocycles. The van der Waals surface area contributed by atoms with Gasteiger partial charge in [-0.2, -0.15) is 0 Å². The standard InChI is InChI=1S/C16H24N2O2/c1-3-4-5-6-7-10-17-13-8-9-15-14(11-13)18-16(19)12(2)20-15/h8-9,11-12,17H,3-7,10H2,1-2H3,(H,18,19). The first-order valence-corrected chi connectivity index (χ1v) is 7.56. The van der Waals surface area contributed by atoms with Gasteiger partial charge in [-0.25, -0.2) is 0 Å². The van der Waals surface area contributed by atoms with E-state index in [9.17, 15) is 4.79 Å². The average molecular weight is 276 g/mol. The molecule has 2 rings (SSSR count). The first kappa shape index (κ1) is 14.7. The van der Waals surface area contributed by atoms with Crippen LogP contribution in [-0.2, 0) is 4.79 Å². The molecule has 0 spiro atoms. The van der Waals surface area contributed by atoms with Gasteiger partial charge in [0.2, 0.25) is 0 Å². The van der Waals surface area contributed by atoms with Gasteiger partial charge in [-0.05, 0) is 31.5 Å². The molecule has 4 nitrogen and oxygen atoms in total. The smallest absolute Gasteiger partial charge is 0.265 e. The number of anilines is 2. The van der Waals surface area contributed by atoms with Crippen molar-refractivity contribution in [2.75, 3.05) is 17.2 Å². The minimum absolute atomic E-state index is 0.0887. The number of benzene rings is 1. The highest BCUT2D eigenvalue weighted by molar-refractivity contribution is 5.98. The van der Waals surface area contributed by atoms with Crippen LogP contribution >= 0.6 is 0 Å². The van der Waals surface area contributed by atoms with Gasteiger partial charge >= 0.3 is 0 Å². The summed E-state index contributed by atoms with van der Waals surface area (Å²) in [6.07, 6.45) is 5.93. The number of hydrogen-bond donors (Lipinski definition) is 2. The van der Waals surface area contributed by atoms with Crippen molar-refractivity contribution >= 4 is 17.3 Å². The summed E-state index contributed by atoms with van der Waals surface area (Å²) in [6.45, 7) is 4.94. The maximum atomic E-state index is 11.6. The lowest BCUT2D eigenvalue weighted by molar-refractivity contribution is -0.122. The van der Waals surface area contributed by atoms with Gasteiger partial charge < -0.3 is 15.4 Å². The molecule has 1 atom stereocenters. The Labute approximate surface area is 120 Å². The van der Waals surface area contributed by atoms with Crippen LogP contribution in [-0.4, -0.2) is 18.6 Å². The number of carbonyl (C=O) groups excluding carboxylic acids is 1. The summed E-state index contributed by atoms with van der Waals surface area (Å²) in [5.41, 5.74) is 1.78. The second-order valence-corrected chi connectivity index (χ2v) is 5.30. The largest absolute Gasteiger partial charge is 0.479 e. The molecule has 20 heavy (non-hydrogen) atoms. The zero-order valence-electron chi connectivity index (χ0n) is 12.4. The molecule has 1 aliphatic rings. The lowest BCUT2D eigenvalue weighted by Crippen LogP contribution is -2.34. The van der Waals surface area contributed by atoms with Crippen LogP contribution in [0.2, 0.25) is 0 Å². The van der Waals surface area contributed by atoms with E-state index in [4.69, 9.17) is 4.74 Å². The monoisotopic (exact) mass is 276 g/mol. The second-order valence-electron chi connectivity index (χ2n) is 5.30. The molecule has 1 unspecified atom stereocenters. The number of hydrogen-bond acceptors (Lipinski definition) is 3. The quantitative estimate of drug-likeness (QED) is 0.745. The Morgan fingerprint density at radius 2 is 2.05 bits per heavy atom. The van der Waals surface area contributed by atoms with Crippen molar-refractivity contribution in [1.82, 2.24) is 0 Å². The van der Waals surface area contributed by atoms with Crippen LogP contribution in [0.3, 0.4) is 0 Å². The van der Waals surface area contributed by atoms with Crippen LogP contribution in [0.1, 0.15) is 46.0 Å². The Hall–Kier alpha value is -1.71. The van der Waals surface area contributed by atoms with Crippen molar-refractivity contribution < 1.29 is 9.53 Å². The summed E-state index contributed by atoms with van der Waals surface area (Å²) >= 11 is 0. The highest BCUT2D eigenvalue weighted by Gasteiger charge is 2.23. The minimum atomic E-state index is -0.417. The van der Waals surface area contributed by atoms with Gasteiger partial charge in [-0.3, -0.25) is 4.79 Å². The Morgan fingerprint density at radius 3 is 2.85 bits per heavy atom. The van der Waals surface area contributed by atoms with Gasteiger partial charge in [0.25, 0.3) is 5.91 Å². The predicted molar refractivity (Wildman–Crippen MR) is 82.4 cm³/mol. The van der Waals surface area contributed by atoms with Crippen molar-refractivity contribution in [3.8, 4) is 5.75 Å². The fourth-order valence-corrected chi connectivity index (χ4v) is 2.28. The molecule has 1 heterocycles. The summed E-state index contributed by atoms with van der Waals surface area (Å²) in [5, 5.41) is 6.26. The number of unbranched alkanes of at least 4 members (excludes halogenated alkanes) is 4. The minimum Gasteiger partial charge on any atom is -0.479 e. The van der Waals surface area contributed by atoms with Gasteiger partial charge in [0.15, 0.2) is 6.10 Å². The average Bonchev–Trinajstić information content (AvgIpc) is 2.44. The lowest BCUT2D eigenvalue weighted by Gasteiger charge is -2.23. The maximum Gasteiger partial charge on any atom is 0.265 e. The van der Waals surface area contributed by atoms with E-state index in [1.807, 2.05) is 18.2 Å². The fourth-order valence-electron chi connectivity index (χ4n) is 2.28. The zero-order valence-corrected chi connectivity index (χ0v) is 12.4. The molecule has 1 amide bonds. The molecule has 4 heteroatoms. The third kappa shape index (κ3) is 3.89. The summed E-state index contributed by atoms with van der Waals surface area (Å²) < 4.78 is 5.53. The number of ether oxygens (including phenoxy) is 1. The molecule has 2 N–H and O–H groups in total. The molecule has 110 valence electrons. The van der Waals surface area contributed by atoms with E-state index in [0.717, 1.165) is 23.7 Å². The highest BCUT2D eigenvalue weighted by Crippen LogP contribution is 2.32. The topological polar surface area (TPSA) is 50.4 Å². The van der Waals surface area contributed by atoms with Crippen molar-refractivity contribution in [3.63, 3.8) is 0 Å². The van der Waals surface area contributed by atoms with E-state index in [-0.39, 0.29) is 5.91 Å². The molecule has 0 saturated heterocycles. The van der Waals surface area contributed by atoms with Crippen LogP contribution in [0.15, 0.2) is 18.2 Å². The Bertz CT molecular complexity index is 460. The number of carbonyl (C=O) groups is 1. The van der Waals surface area contributed by atoms with E-state index in [0.29, 0.717) is 0 Å². The van der Waals surface area contributed by atoms with Gasteiger partial charge in [-0.1, -0.05) is 32.6 Å². The molecule has 0 aliphatic carbocycles. The van der Waals surface area contributed by atoms with E-state index >= 15 is 0 Å². The molecule has 0 aromatic heterocycles. The lowest BCUT2D eigenvalue weighted by atomic mass is 10.1. The van der Waals surface area contributed by atoms with Crippen LogP contribution in [0, 0.1) is 0 Å². The van der Waals surface area contributed by atoms with E-state index < -0.39 is 6.10 Å². The molecular weight excluding hydrogens is 252 g/mol. The van der Waals surface area contributed by atoms with Crippen LogP contribution in [0.5, 0.6) is 5.75 Å². The SMILES string of the molecule is CCCCCCCNc1ccc2c(c1)NC(=O)C(C)O2. The second kappa shape index (κ2) is 7.17. The molecule has 0 saturated carbocycles. The van der Waals surface area contributed by atoms with Crippen molar-refractivity contribution in [2.45, 2.75) is 52.1 Å². The van der Waals surface area contributed by atoms with E-state index in [1.165, 1.54) is 32.1 Å². The molecule has 1 aromatic carbocycles. The fraction of sp³-hybridized carbons (Fsp3) is 0.562. The number of amides is 1. The number of rotatable bonds is 7. The van der Waals surface area contributed by atoms with Gasteiger partial charge in [-0.15, -0.1) is 0 Å². The maximum absolute atomic E-state index is 11.6. The van der Waals surface area contributed by atoms with Crippen molar-refractivity contribution in [3.05, 3.63) is 18.2 Å². The van der Waals surface area contributed by atoms with Crippen molar-refractivity contribution in [2.24, 2.45) is 0 Å². The number of fused-ring (bicyclic) bond motifs is 1. The van der Waals surface area contributed by atoms with Crippen LogP contribution in [0.4, 0.5) is 11.4 Å². The summed E-state index contributed by atoms with van der Waals surface area (Å²) in [5.74, 6) is 0.653. The third-order valence-electron chi connectivity index (χ3n) is 3.52. The van der Waals surface area contributed by atoms with Crippen LogP contribution in [0.25, 0.3) is 0 Å². The Morgan fingerprint density at radius 1 is 1.25 bits per heavy atom. The summed E-state index contributed by atoms with van der Waals surface area (Å²) in [4.78, 5) is 11.6. The molecule has 1 aromatic rings. The molecular formula is C16H24N2O2. The van der Waals surface area contributed by atoms with Gasteiger partial charge in [0.1, 0.15) is 5.75 Å². The summed E-state index contributed by atoms with van der Waals surface area (Å²) in [6, 6.07) is 5.84. The first-order chi connectivity index (χ1) is 9.70. The van der Waals surface area contributed by atoms with E-state index in [1.54, 1.807) is 6.92 Å². The normalized spacial score (nSPS) is 17.1. The zero-order chi connectivity index (χ0) is 14.4. The summed E-state index contributed by atoms with van der Waals surface area (Å²) in [7, 11) is 0. The highest BCUT2D eigenvalue weighted by atomic mass is 16.5. The Kier molecular flexibility index (Phi) is 5.27. The predicted octanol–water partition coefficient (Wildman–Crippen LogP) is 3.79. The molecule has 0 bridgehead atoms. The number of nitrogens with one attached hydrogen (secondary N) is 2. The first-order valence-electron chi connectivity index (χ1n) is 7.56. The Balaban J connectivity index is 1.82. The molecule has 0 fully saturated rings.